The number of aryl methyl sites for hydroxylation is 1. The van der Waals surface area contributed by atoms with E-state index in [4.69, 9.17) is 0 Å². The maximum absolute atomic E-state index is 12.2. The van der Waals surface area contributed by atoms with Gasteiger partial charge in [0.25, 0.3) is 0 Å². The van der Waals surface area contributed by atoms with Gasteiger partial charge in [0, 0.05) is 12.1 Å². The molecule has 0 saturated carbocycles. The number of carboxylic acids is 1. The normalized spacial score (nSPS) is 16.4. The molecule has 0 unspecified atom stereocenters. The van der Waals surface area contributed by atoms with E-state index in [-0.39, 0.29) is 18.4 Å². The minimum absolute atomic E-state index is 0.116. The van der Waals surface area contributed by atoms with Crippen molar-refractivity contribution in [3.05, 3.63) is 29.8 Å². The first-order valence-electron chi connectivity index (χ1n) is 7.84. The molecule has 1 aliphatic heterocycles. The summed E-state index contributed by atoms with van der Waals surface area (Å²) in [5, 5.41) is 11.8. The van der Waals surface area contributed by atoms with Crippen molar-refractivity contribution in [2.45, 2.75) is 39.2 Å². The molecule has 2 amide bonds. The minimum Gasteiger partial charge on any atom is -0.480 e. The molecule has 1 aliphatic rings. The fourth-order valence-corrected chi connectivity index (χ4v) is 2.72. The zero-order valence-corrected chi connectivity index (χ0v) is 13.4. The Balaban J connectivity index is 2.10. The van der Waals surface area contributed by atoms with Crippen LogP contribution in [0.25, 0.3) is 0 Å². The summed E-state index contributed by atoms with van der Waals surface area (Å²) in [6, 6.07) is 6.52. The number of amides is 2. The molecule has 6 heteroatoms. The summed E-state index contributed by atoms with van der Waals surface area (Å²) in [6.45, 7) is 3.49. The minimum atomic E-state index is -1.06. The fourth-order valence-electron chi connectivity index (χ4n) is 2.72. The zero-order chi connectivity index (χ0) is 17.0. The first kappa shape index (κ1) is 17.0. The highest BCUT2D eigenvalue weighted by Gasteiger charge is 2.29. The highest BCUT2D eigenvalue weighted by Crippen LogP contribution is 2.27. The van der Waals surface area contributed by atoms with Gasteiger partial charge in [-0.05, 0) is 24.0 Å². The van der Waals surface area contributed by atoms with Crippen LogP contribution in [0, 0.1) is 5.92 Å². The van der Waals surface area contributed by atoms with E-state index in [9.17, 15) is 19.5 Å². The van der Waals surface area contributed by atoms with Crippen LogP contribution in [0.15, 0.2) is 24.3 Å². The number of carboxylic acid groups (broad SMARTS) is 1. The van der Waals surface area contributed by atoms with Gasteiger partial charge in [0.2, 0.25) is 11.8 Å². The fraction of sp³-hybridized carbons (Fsp3) is 0.471. The number of fused-ring (bicyclic) bond motifs is 1. The lowest BCUT2D eigenvalue weighted by atomic mass is 9.99. The maximum Gasteiger partial charge on any atom is 0.326 e. The second kappa shape index (κ2) is 7.26. The van der Waals surface area contributed by atoms with Gasteiger partial charge in [-0.3, -0.25) is 9.59 Å². The Hall–Kier alpha value is -2.37. The van der Waals surface area contributed by atoms with Gasteiger partial charge in [-0.1, -0.05) is 38.5 Å². The van der Waals surface area contributed by atoms with Crippen LogP contribution in [-0.4, -0.2) is 35.5 Å². The zero-order valence-electron chi connectivity index (χ0n) is 13.4. The number of benzene rings is 1. The number of nitrogens with one attached hydrogen (secondary N) is 1. The highest BCUT2D eigenvalue weighted by atomic mass is 16.4. The molecular weight excluding hydrogens is 296 g/mol. The summed E-state index contributed by atoms with van der Waals surface area (Å²) in [5.41, 5.74) is 1.76. The van der Waals surface area contributed by atoms with Crippen molar-refractivity contribution >= 4 is 23.5 Å². The molecule has 23 heavy (non-hydrogen) atoms. The molecular formula is C17H22N2O4. The van der Waals surface area contributed by atoms with Crippen LogP contribution in [0.3, 0.4) is 0 Å². The second-order valence-electron chi connectivity index (χ2n) is 5.88. The Morgan fingerprint density at radius 1 is 1.30 bits per heavy atom. The monoisotopic (exact) mass is 318 g/mol. The number of hydrogen-bond donors (Lipinski definition) is 2. The van der Waals surface area contributed by atoms with Crippen molar-refractivity contribution in [1.82, 2.24) is 5.32 Å². The predicted molar refractivity (Wildman–Crippen MR) is 86.1 cm³/mol. The molecule has 1 aromatic rings. The summed E-state index contributed by atoms with van der Waals surface area (Å²) in [5.74, 6) is -1.81. The van der Waals surface area contributed by atoms with Gasteiger partial charge < -0.3 is 15.3 Å². The lowest BCUT2D eigenvalue weighted by Crippen LogP contribution is -2.50. The molecule has 2 rings (SSSR count). The summed E-state index contributed by atoms with van der Waals surface area (Å²) in [6.07, 6.45) is 1.67. The summed E-state index contributed by atoms with van der Waals surface area (Å²) in [4.78, 5) is 37.1. The lowest BCUT2D eigenvalue weighted by Gasteiger charge is -2.29. The van der Waals surface area contributed by atoms with E-state index in [1.54, 1.807) is 6.92 Å². The third-order valence-corrected chi connectivity index (χ3v) is 4.29. The first-order chi connectivity index (χ1) is 10.9. The molecule has 6 nitrogen and oxygen atoms in total. The molecule has 1 heterocycles. The van der Waals surface area contributed by atoms with Crippen molar-refractivity contribution in [3.8, 4) is 0 Å². The van der Waals surface area contributed by atoms with E-state index in [1.165, 1.54) is 4.90 Å². The third-order valence-electron chi connectivity index (χ3n) is 4.29. The van der Waals surface area contributed by atoms with E-state index in [0.29, 0.717) is 19.3 Å². The summed E-state index contributed by atoms with van der Waals surface area (Å²) >= 11 is 0. The number of anilines is 1. The van der Waals surface area contributed by atoms with Crippen LogP contribution in [0.4, 0.5) is 5.69 Å². The molecule has 0 spiro atoms. The van der Waals surface area contributed by atoms with Crippen LogP contribution in [0.5, 0.6) is 0 Å². The van der Waals surface area contributed by atoms with Crippen molar-refractivity contribution in [3.63, 3.8) is 0 Å². The molecule has 124 valence electrons. The molecule has 0 bridgehead atoms. The molecule has 0 fully saturated rings. The SMILES string of the molecule is CC[C@H](C)[C@H](NC(=O)CN1C(=O)CCc2ccccc21)C(=O)O. The van der Waals surface area contributed by atoms with Gasteiger partial charge in [-0.25, -0.2) is 4.79 Å². The number of carbonyl (C=O) groups excluding carboxylic acids is 2. The van der Waals surface area contributed by atoms with Crippen LogP contribution in [-0.2, 0) is 20.8 Å². The van der Waals surface area contributed by atoms with E-state index in [2.05, 4.69) is 5.32 Å². The van der Waals surface area contributed by atoms with Gasteiger partial charge in [0.05, 0.1) is 0 Å². The van der Waals surface area contributed by atoms with Crippen molar-refractivity contribution in [2.75, 3.05) is 11.4 Å². The molecule has 0 radical (unpaired) electrons. The number of hydrogen-bond acceptors (Lipinski definition) is 3. The number of rotatable bonds is 6. The number of carbonyl (C=O) groups is 3. The molecule has 2 N–H and O–H groups in total. The van der Waals surface area contributed by atoms with Crippen LogP contribution < -0.4 is 10.2 Å². The van der Waals surface area contributed by atoms with E-state index < -0.39 is 17.9 Å². The van der Waals surface area contributed by atoms with Crippen LogP contribution >= 0.6 is 0 Å². The Kier molecular flexibility index (Phi) is 5.36. The standard InChI is InChI=1S/C17H22N2O4/c1-3-11(2)16(17(22)23)18-14(20)10-19-13-7-5-4-6-12(13)8-9-15(19)21/h4-7,11,16H,3,8-10H2,1-2H3,(H,18,20)(H,22,23)/t11-,16-/m0/s1. The Morgan fingerprint density at radius 3 is 2.65 bits per heavy atom. The van der Waals surface area contributed by atoms with Gasteiger partial charge in [-0.2, -0.15) is 0 Å². The predicted octanol–water partition coefficient (Wildman–Crippen LogP) is 1.58. The average molecular weight is 318 g/mol. The first-order valence-corrected chi connectivity index (χ1v) is 7.84. The molecule has 0 aliphatic carbocycles. The van der Waals surface area contributed by atoms with Gasteiger partial charge in [-0.15, -0.1) is 0 Å². The lowest BCUT2D eigenvalue weighted by molar-refractivity contribution is -0.143. The van der Waals surface area contributed by atoms with Crippen molar-refractivity contribution in [1.29, 1.82) is 0 Å². The van der Waals surface area contributed by atoms with E-state index in [1.807, 2.05) is 31.2 Å². The molecule has 0 aromatic heterocycles. The van der Waals surface area contributed by atoms with Crippen LogP contribution in [0.2, 0.25) is 0 Å². The number of nitrogens with zero attached hydrogens (tertiary/aromatic N) is 1. The van der Waals surface area contributed by atoms with Crippen molar-refractivity contribution in [2.24, 2.45) is 5.92 Å². The topological polar surface area (TPSA) is 86.7 Å². The van der Waals surface area contributed by atoms with Crippen LogP contribution in [0.1, 0.15) is 32.3 Å². The highest BCUT2D eigenvalue weighted by molar-refractivity contribution is 6.01. The van der Waals surface area contributed by atoms with E-state index in [0.717, 1.165) is 11.3 Å². The smallest absolute Gasteiger partial charge is 0.326 e. The van der Waals surface area contributed by atoms with Gasteiger partial charge in [0.1, 0.15) is 12.6 Å². The van der Waals surface area contributed by atoms with E-state index >= 15 is 0 Å². The second-order valence-corrected chi connectivity index (χ2v) is 5.88. The average Bonchev–Trinajstić information content (AvgIpc) is 2.54. The quantitative estimate of drug-likeness (QED) is 0.834. The number of aliphatic carboxylic acids is 1. The largest absolute Gasteiger partial charge is 0.480 e. The summed E-state index contributed by atoms with van der Waals surface area (Å²) < 4.78 is 0. The van der Waals surface area contributed by atoms with Crippen molar-refractivity contribution < 1.29 is 19.5 Å². The Morgan fingerprint density at radius 2 is 2.00 bits per heavy atom. The molecule has 0 saturated heterocycles. The molecule has 2 atom stereocenters. The van der Waals surface area contributed by atoms with Gasteiger partial charge in [0.15, 0.2) is 0 Å². The Bertz CT molecular complexity index is 614. The Labute approximate surface area is 135 Å². The maximum atomic E-state index is 12.2. The number of para-hydroxylation sites is 1. The van der Waals surface area contributed by atoms with Gasteiger partial charge >= 0.3 is 5.97 Å². The summed E-state index contributed by atoms with van der Waals surface area (Å²) in [7, 11) is 0. The molecule has 1 aromatic carbocycles. The third kappa shape index (κ3) is 3.88.